The Bertz CT molecular complexity index is 979. The highest BCUT2D eigenvalue weighted by molar-refractivity contribution is 5.83. The standard InChI is InChI=1S/C21H24N6O/c28-20-14-25(10-11-26(20)13-16-6-4-5-7-16)19-12-18(17-8-2-1-3-9-17)24-21-22-15-23-27(19)21/h1-3,8-9,12,15-16H,4-7,10-11,13-14H2. The largest absolute Gasteiger partial charge is 0.345 e. The number of carbonyl (C=O) groups excluding carboxylic acids is 1. The number of nitrogens with zero attached hydrogens (tertiary/aromatic N) is 6. The van der Waals surface area contributed by atoms with E-state index in [2.05, 4.69) is 20.0 Å². The average Bonchev–Trinajstić information content (AvgIpc) is 3.41. The summed E-state index contributed by atoms with van der Waals surface area (Å²) in [4.78, 5) is 25.9. The van der Waals surface area contributed by atoms with Crippen molar-refractivity contribution in [1.29, 1.82) is 0 Å². The third-order valence-electron chi connectivity index (χ3n) is 5.90. The van der Waals surface area contributed by atoms with Crippen LogP contribution in [-0.4, -0.2) is 56.6 Å². The molecular weight excluding hydrogens is 352 g/mol. The molecule has 7 heteroatoms. The van der Waals surface area contributed by atoms with Crippen LogP contribution in [0.25, 0.3) is 17.0 Å². The number of aromatic nitrogens is 4. The van der Waals surface area contributed by atoms with Gasteiger partial charge in [0.1, 0.15) is 12.1 Å². The molecule has 5 rings (SSSR count). The van der Waals surface area contributed by atoms with Gasteiger partial charge in [0.15, 0.2) is 0 Å². The maximum absolute atomic E-state index is 12.8. The molecule has 1 amide bonds. The third-order valence-corrected chi connectivity index (χ3v) is 5.90. The van der Waals surface area contributed by atoms with E-state index in [1.165, 1.54) is 32.0 Å². The first-order valence-electron chi connectivity index (χ1n) is 10.1. The lowest BCUT2D eigenvalue weighted by Crippen LogP contribution is -2.52. The van der Waals surface area contributed by atoms with Crippen molar-refractivity contribution in [2.45, 2.75) is 25.7 Å². The fraction of sp³-hybridized carbons (Fsp3) is 0.429. The van der Waals surface area contributed by atoms with Crippen LogP contribution in [-0.2, 0) is 4.79 Å². The third kappa shape index (κ3) is 3.21. The minimum atomic E-state index is 0.199. The molecule has 28 heavy (non-hydrogen) atoms. The van der Waals surface area contributed by atoms with Crippen LogP contribution in [0.2, 0.25) is 0 Å². The van der Waals surface area contributed by atoms with Crippen molar-refractivity contribution in [3.8, 4) is 11.3 Å². The Kier molecular flexibility index (Phi) is 4.43. The summed E-state index contributed by atoms with van der Waals surface area (Å²) in [7, 11) is 0. The van der Waals surface area contributed by atoms with E-state index in [1.807, 2.05) is 41.3 Å². The van der Waals surface area contributed by atoms with Gasteiger partial charge in [-0.3, -0.25) is 4.79 Å². The second-order valence-corrected chi connectivity index (χ2v) is 7.75. The van der Waals surface area contributed by atoms with Crippen molar-refractivity contribution in [2.75, 3.05) is 31.1 Å². The molecule has 0 spiro atoms. The van der Waals surface area contributed by atoms with E-state index in [0.717, 1.165) is 36.7 Å². The Hall–Kier alpha value is -2.96. The first-order valence-corrected chi connectivity index (χ1v) is 10.1. The maximum atomic E-state index is 12.8. The van der Waals surface area contributed by atoms with Crippen molar-refractivity contribution in [2.24, 2.45) is 5.92 Å². The van der Waals surface area contributed by atoms with E-state index in [9.17, 15) is 4.79 Å². The van der Waals surface area contributed by atoms with E-state index in [-0.39, 0.29) is 5.91 Å². The molecule has 2 fully saturated rings. The molecule has 0 unspecified atom stereocenters. The molecule has 3 aromatic rings. The molecule has 2 aliphatic rings. The van der Waals surface area contributed by atoms with Crippen LogP contribution in [0.15, 0.2) is 42.7 Å². The topological polar surface area (TPSA) is 66.6 Å². The van der Waals surface area contributed by atoms with Gasteiger partial charge < -0.3 is 9.80 Å². The fourth-order valence-electron chi connectivity index (χ4n) is 4.38. The van der Waals surface area contributed by atoms with Gasteiger partial charge in [-0.15, -0.1) is 0 Å². The molecule has 1 aliphatic heterocycles. The van der Waals surface area contributed by atoms with Gasteiger partial charge in [0.25, 0.3) is 5.78 Å². The molecule has 3 heterocycles. The van der Waals surface area contributed by atoms with Gasteiger partial charge in [-0.05, 0) is 18.8 Å². The highest BCUT2D eigenvalue weighted by atomic mass is 16.2. The SMILES string of the molecule is O=C1CN(c2cc(-c3ccccc3)nc3ncnn23)CCN1CC1CCCC1. The zero-order chi connectivity index (χ0) is 18.9. The Balaban J connectivity index is 1.41. The average molecular weight is 376 g/mol. The van der Waals surface area contributed by atoms with Crippen molar-refractivity contribution >= 4 is 17.5 Å². The number of anilines is 1. The second-order valence-electron chi connectivity index (χ2n) is 7.75. The summed E-state index contributed by atoms with van der Waals surface area (Å²) in [6.07, 6.45) is 6.65. The Morgan fingerprint density at radius 1 is 1.07 bits per heavy atom. The molecule has 0 bridgehead atoms. The molecule has 0 N–H and O–H groups in total. The van der Waals surface area contributed by atoms with Gasteiger partial charge in [0.2, 0.25) is 5.91 Å². The van der Waals surface area contributed by atoms with Gasteiger partial charge in [-0.25, -0.2) is 4.98 Å². The predicted octanol–water partition coefficient (Wildman–Crippen LogP) is 2.63. The molecule has 0 atom stereocenters. The lowest BCUT2D eigenvalue weighted by Gasteiger charge is -2.36. The Labute approximate surface area is 164 Å². The summed E-state index contributed by atoms with van der Waals surface area (Å²) in [5.74, 6) is 2.31. The zero-order valence-electron chi connectivity index (χ0n) is 15.9. The van der Waals surface area contributed by atoms with E-state index in [1.54, 1.807) is 4.52 Å². The number of carbonyl (C=O) groups is 1. The van der Waals surface area contributed by atoms with Crippen molar-refractivity contribution < 1.29 is 4.79 Å². The van der Waals surface area contributed by atoms with Crippen LogP contribution in [0, 0.1) is 5.92 Å². The summed E-state index contributed by atoms with van der Waals surface area (Å²) in [5.41, 5.74) is 1.87. The molecule has 1 saturated carbocycles. The highest BCUT2D eigenvalue weighted by Crippen LogP contribution is 2.28. The first-order chi connectivity index (χ1) is 13.8. The Morgan fingerprint density at radius 2 is 1.89 bits per heavy atom. The quantitative estimate of drug-likeness (QED) is 0.700. The first kappa shape index (κ1) is 17.2. The van der Waals surface area contributed by atoms with Gasteiger partial charge in [0, 0.05) is 31.3 Å². The monoisotopic (exact) mass is 376 g/mol. The molecule has 7 nitrogen and oxygen atoms in total. The van der Waals surface area contributed by atoms with Crippen LogP contribution in [0.3, 0.4) is 0 Å². The predicted molar refractivity (Wildman–Crippen MR) is 107 cm³/mol. The van der Waals surface area contributed by atoms with E-state index in [0.29, 0.717) is 18.2 Å². The molecule has 1 aromatic carbocycles. The van der Waals surface area contributed by atoms with E-state index >= 15 is 0 Å². The molecule has 1 aliphatic carbocycles. The van der Waals surface area contributed by atoms with Crippen molar-refractivity contribution in [3.05, 3.63) is 42.7 Å². The number of amides is 1. The van der Waals surface area contributed by atoms with Gasteiger partial charge >= 0.3 is 0 Å². The number of piperazine rings is 1. The number of hydrogen-bond donors (Lipinski definition) is 0. The van der Waals surface area contributed by atoms with Gasteiger partial charge in [-0.1, -0.05) is 43.2 Å². The smallest absolute Gasteiger partial charge is 0.254 e. The molecule has 2 aromatic heterocycles. The number of fused-ring (bicyclic) bond motifs is 1. The second kappa shape index (κ2) is 7.22. The van der Waals surface area contributed by atoms with E-state index < -0.39 is 0 Å². The number of rotatable bonds is 4. The minimum Gasteiger partial charge on any atom is -0.345 e. The molecule has 0 radical (unpaired) electrons. The fourth-order valence-corrected chi connectivity index (χ4v) is 4.38. The molecular formula is C21H24N6O. The van der Waals surface area contributed by atoms with Crippen LogP contribution in [0.5, 0.6) is 0 Å². The summed E-state index contributed by atoms with van der Waals surface area (Å²) in [6, 6.07) is 12.1. The van der Waals surface area contributed by atoms with E-state index in [4.69, 9.17) is 0 Å². The summed E-state index contributed by atoms with van der Waals surface area (Å²) in [6.45, 7) is 2.84. The minimum absolute atomic E-state index is 0.199. The number of hydrogen-bond acceptors (Lipinski definition) is 5. The van der Waals surface area contributed by atoms with Crippen LogP contribution in [0.4, 0.5) is 5.82 Å². The van der Waals surface area contributed by atoms with Crippen LogP contribution >= 0.6 is 0 Å². The molecule has 144 valence electrons. The van der Waals surface area contributed by atoms with Crippen molar-refractivity contribution in [1.82, 2.24) is 24.5 Å². The lowest BCUT2D eigenvalue weighted by atomic mass is 10.1. The zero-order valence-corrected chi connectivity index (χ0v) is 15.9. The molecule has 1 saturated heterocycles. The Morgan fingerprint density at radius 3 is 2.68 bits per heavy atom. The van der Waals surface area contributed by atoms with Crippen LogP contribution < -0.4 is 4.90 Å². The lowest BCUT2D eigenvalue weighted by molar-refractivity contribution is -0.131. The van der Waals surface area contributed by atoms with Crippen LogP contribution in [0.1, 0.15) is 25.7 Å². The van der Waals surface area contributed by atoms with Crippen molar-refractivity contribution in [3.63, 3.8) is 0 Å². The van der Waals surface area contributed by atoms with Gasteiger partial charge in [0.05, 0.1) is 12.2 Å². The summed E-state index contributed by atoms with van der Waals surface area (Å²) in [5, 5.41) is 4.33. The number of benzene rings is 1. The maximum Gasteiger partial charge on any atom is 0.254 e. The highest BCUT2D eigenvalue weighted by Gasteiger charge is 2.29. The summed E-state index contributed by atoms with van der Waals surface area (Å²) < 4.78 is 1.73. The summed E-state index contributed by atoms with van der Waals surface area (Å²) >= 11 is 0. The van der Waals surface area contributed by atoms with Gasteiger partial charge in [-0.2, -0.15) is 14.6 Å². The normalized spacial score (nSPS) is 18.4.